The van der Waals surface area contributed by atoms with Crippen molar-refractivity contribution in [1.82, 2.24) is 10.3 Å². The average molecular weight is 352 g/mol. The second kappa shape index (κ2) is 8.75. The second-order valence-electron chi connectivity index (χ2n) is 5.75. The molecule has 0 spiro atoms. The molecule has 0 fully saturated rings. The van der Waals surface area contributed by atoms with E-state index in [4.69, 9.17) is 9.47 Å². The summed E-state index contributed by atoms with van der Waals surface area (Å²) >= 11 is 0.999. The first kappa shape index (κ1) is 18.4. The zero-order valence-electron chi connectivity index (χ0n) is 14.2. The van der Waals surface area contributed by atoms with Crippen LogP contribution in [-0.4, -0.2) is 36.4 Å². The van der Waals surface area contributed by atoms with Crippen LogP contribution >= 0.6 is 11.3 Å². The van der Waals surface area contributed by atoms with Crippen molar-refractivity contribution < 1.29 is 14.6 Å². The van der Waals surface area contributed by atoms with Crippen molar-refractivity contribution in [1.29, 1.82) is 0 Å². The Labute approximate surface area is 145 Å². The number of benzene rings is 1. The smallest absolute Gasteiger partial charge is 0.307 e. The zero-order valence-corrected chi connectivity index (χ0v) is 15.0. The minimum absolute atomic E-state index is 0.0834. The highest BCUT2D eigenvalue weighted by atomic mass is 32.1. The number of thiazole rings is 1. The number of hydrogen-bond acceptors (Lipinski definition) is 6. The number of ether oxygens (including phenoxy) is 2. The Morgan fingerprint density at radius 1 is 1.38 bits per heavy atom. The zero-order chi connectivity index (χ0) is 17.5. The van der Waals surface area contributed by atoms with Gasteiger partial charge in [-0.2, -0.15) is 0 Å². The number of rotatable bonds is 9. The molecule has 2 rings (SSSR count). The Bertz CT molecular complexity index is 709. The first-order valence-electron chi connectivity index (χ1n) is 7.93. The van der Waals surface area contributed by atoms with Crippen molar-refractivity contribution in [2.24, 2.45) is 0 Å². The number of aromatic hydroxyl groups is 1. The molecule has 132 valence electrons. The summed E-state index contributed by atoms with van der Waals surface area (Å²) in [5.41, 5.74) is 0.872. The van der Waals surface area contributed by atoms with Gasteiger partial charge in [0.25, 0.3) is 0 Å². The second-order valence-corrected chi connectivity index (χ2v) is 6.82. The van der Waals surface area contributed by atoms with E-state index in [1.54, 1.807) is 7.11 Å². The van der Waals surface area contributed by atoms with Crippen LogP contribution in [0.5, 0.6) is 17.4 Å². The maximum absolute atomic E-state index is 11.3. The molecule has 0 bridgehead atoms. The molecule has 2 aromatic rings. The highest BCUT2D eigenvalue weighted by Gasteiger charge is 2.12. The van der Waals surface area contributed by atoms with Crippen LogP contribution in [0.15, 0.2) is 23.0 Å². The fourth-order valence-corrected chi connectivity index (χ4v) is 3.00. The summed E-state index contributed by atoms with van der Waals surface area (Å²) in [6.45, 7) is 5.70. The molecule has 1 aromatic heterocycles. The highest BCUT2D eigenvalue weighted by Crippen LogP contribution is 2.29. The van der Waals surface area contributed by atoms with Crippen molar-refractivity contribution >= 4 is 11.3 Å². The summed E-state index contributed by atoms with van der Waals surface area (Å²) in [6.07, 6.45) is 1.30. The Morgan fingerprint density at radius 2 is 2.17 bits per heavy atom. The molecule has 0 unspecified atom stereocenters. The van der Waals surface area contributed by atoms with Crippen LogP contribution < -0.4 is 19.7 Å². The van der Waals surface area contributed by atoms with Gasteiger partial charge in [0, 0.05) is 18.0 Å². The van der Waals surface area contributed by atoms with Crippen molar-refractivity contribution in [3.63, 3.8) is 0 Å². The molecular weight excluding hydrogens is 328 g/mol. The Morgan fingerprint density at radius 3 is 2.79 bits per heavy atom. The first-order chi connectivity index (χ1) is 11.5. The number of H-pyrrole nitrogens is 1. The van der Waals surface area contributed by atoms with E-state index in [1.807, 2.05) is 18.2 Å². The van der Waals surface area contributed by atoms with E-state index in [9.17, 15) is 9.90 Å². The summed E-state index contributed by atoms with van der Waals surface area (Å²) in [5, 5.41) is 13.1. The highest BCUT2D eigenvalue weighted by molar-refractivity contribution is 7.09. The third-order valence-electron chi connectivity index (χ3n) is 3.45. The quantitative estimate of drug-likeness (QED) is 0.604. The van der Waals surface area contributed by atoms with E-state index >= 15 is 0 Å². The largest absolute Gasteiger partial charge is 0.497 e. The third kappa shape index (κ3) is 5.28. The fourth-order valence-electron chi connectivity index (χ4n) is 2.25. The molecule has 0 atom stereocenters. The van der Waals surface area contributed by atoms with Crippen LogP contribution in [0.25, 0.3) is 0 Å². The number of methoxy groups -OCH3 is 1. The van der Waals surface area contributed by atoms with E-state index in [-0.39, 0.29) is 10.8 Å². The maximum atomic E-state index is 11.3. The molecule has 24 heavy (non-hydrogen) atoms. The first-order valence-corrected chi connectivity index (χ1v) is 8.75. The van der Waals surface area contributed by atoms with E-state index in [0.717, 1.165) is 35.6 Å². The van der Waals surface area contributed by atoms with Gasteiger partial charge in [0.2, 0.25) is 5.88 Å². The fraction of sp³-hybridized carbons (Fsp3) is 0.471. The van der Waals surface area contributed by atoms with E-state index in [0.29, 0.717) is 29.7 Å². The molecule has 0 saturated heterocycles. The van der Waals surface area contributed by atoms with Crippen LogP contribution in [0.1, 0.15) is 30.7 Å². The van der Waals surface area contributed by atoms with Gasteiger partial charge in [-0.15, -0.1) is 0 Å². The summed E-state index contributed by atoms with van der Waals surface area (Å²) < 4.78 is 11.1. The molecule has 1 heterocycles. The molecular formula is C17H24N2O4S. The topological polar surface area (TPSA) is 83.6 Å². The monoisotopic (exact) mass is 352 g/mol. The molecule has 0 aliphatic heterocycles. The predicted molar refractivity (Wildman–Crippen MR) is 95.7 cm³/mol. The molecule has 0 aliphatic rings. The van der Waals surface area contributed by atoms with Gasteiger partial charge < -0.3 is 19.9 Å². The Kier molecular flexibility index (Phi) is 6.69. The molecule has 0 saturated carbocycles. The predicted octanol–water partition coefficient (Wildman–Crippen LogP) is 2.51. The van der Waals surface area contributed by atoms with Gasteiger partial charge in [-0.1, -0.05) is 25.2 Å². The number of aromatic nitrogens is 1. The Hall–Kier alpha value is -1.99. The van der Waals surface area contributed by atoms with Crippen LogP contribution in [0, 0.1) is 0 Å². The molecule has 0 aliphatic carbocycles. The van der Waals surface area contributed by atoms with Crippen molar-refractivity contribution in [2.75, 3.05) is 20.3 Å². The lowest BCUT2D eigenvalue weighted by Crippen LogP contribution is -2.24. The van der Waals surface area contributed by atoms with Crippen molar-refractivity contribution in [2.45, 2.75) is 32.7 Å². The van der Waals surface area contributed by atoms with Gasteiger partial charge >= 0.3 is 4.87 Å². The lowest BCUT2D eigenvalue weighted by atomic mass is 10.1. The van der Waals surface area contributed by atoms with Gasteiger partial charge in [0.15, 0.2) is 0 Å². The van der Waals surface area contributed by atoms with Crippen molar-refractivity contribution in [3.8, 4) is 17.4 Å². The standard InChI is InChI=1S/C17H24N2O4S/c1-11(2)18-7-4-8-23-14-6-5-13(22-3)9-12(14)10-15-16(20)19-17(21)24-15/h5-6,9,11,18,20H,4,7-8,10H2,1-3H3,(H,19,21). The molecule has 6 nitrogen and oxygen atoms in total. The number of nitrogens with one attached hydrogen (secondary N) is 2. The molecule has 0 radical (unpaired) electrons. The minimum atomic E-state index is -0.271. The average Bonchev–Trinajstić information content (AvgIpc) is 2.85. The number of aromatic amines is 1. The third-order valence-corrected chi connectivity index (χ3v) is 4.32. The lowest BCUT2D eigenvalue weighted by molar-refractivity contribution is 0.303. The summed E-state index contributed by atoms with van der Waals surface area (Å²) in [6, 6.07) is 6.02. The van der Waals surface area contributed by atoms with E-state index in [2.05, 4.69) is 24.1 Å². The van der Waals surface area contributed by atoms with Crippen LogP contribution in [-0.2, 0) is 6.42 Å². The van der Waals surface area contributed by atoms with E-state index in [1.165, 1.54) is 0 Å². The van der Waals surface area contributed by atoms with Gasteiger partial charge in [0.1, 0.15) is 11.5 Å². The van der Waals surface area contributed by atoms with Crippen LogP contribution in [0.2, 0.25) is 0 Å². The minimum Gasteiger partial charge on any atom is -0.497 e. The molecule has 0 amide bonds. The SMILES string of the molecule is COc1ccc(OCCCNC(C)C)c(Cc2sc(=O)[nH]c2O)c1. The van der Waals surface area contributed by atoms with Crippen LogP contribution in [0.4, 0.5) is 0 Å². The lowest BCUT2D eigenvalue weighted by Gasteiger charge is -2.13. The van der Waals surface area contributed by atoms with Crippen molar-refractivity contribution in [3.05, 3.63) is 38.3 Å². The van der Waals surface area contributed by atoms with Gasteiger partial charge in [-0.25, -0.2) is 0 Å². The summed E-state index contributed by atoms with van der Waals surface area (Å²) in [4.78, 5) is 14.0. The number of hydrogen-bond donors (Lipinski definition) is 3. The molecule has 3 N–H and O–H groups in total. The van der Waals surface area contributed by atoms with E-state index < -0.39 is 0 Å². The molecule has 1 aromatic carbocycles. The summed E-state index contributed by atoms with van der Waals surface area (Å²) in [7, 11) is 1.60. The Balaban J connectivity index is 2.07. The van der Waals surface area contributed by atoms with Gasteiger partial charge in [0.05, 0.1) is 18.6 Å². The molecule has 7 heteroatoms. The maximum Gasteiger partial charge on any atom is 0.307 e. The summed E-state index contributed by atoms with van der Waals surface area (Å²) in [5.74, 6) is 1.36. The van der Waals surface area contributed by atoms with Gasteiger partial charge in [-0.05, 0) is 31.2 Å². The van der Waals surface area contributed by atoms with Gasteiger partial charge in [-0.3, -0.25) is 9.78 Å². The normalized spacial score (nSPS) is 11.0. The van der Waals surface area contributed by atoms with Crippen LogP contribution in [0.3, 0.4) is 0 Å².